The lowest BCUT2D eigenvalue weighted by Gasteiger charge is -2.24. The van der Waals surface area contributed by atoms with Crippen molar-refractivity contribution in [3.8, 4) is 0 Å². The number of carbonyl (C=O) groups excluding carboxylic acids is 1. The summed E-state index contributed by atoms with van der Waals surface area (Å²) >= 11 is 0. The lowest BCUT2D eigenvalue weighted by atomic mass is 10.1. The Hall–Kier alpha value is -2.29. The fourth-order valence-electron chi connectivity index (χ4n) is 2.67. The second kappa shape index (κ2) is 5.37. The van der Waals surface area contributed by atoms with Crippen LogP contribution in [0.15, 0.2) is 54.6 Å². The molecule has 0 unspecified atom stereocenters. The molecule has 0 bridgehead atoms. The lowest BCUT2D eigenvalue weighted by Crippen LogP contribution is -2.31. The molecule has 0 aromatic heterocycles. The summed E-state index contributed by atoms with van der Waals surface area (Å²) in [6, 6.07) is 17.6. The first-order valence-electron chi connectivity index (χ1n) is 6.94. The van der Waals surface area contributed by atoms with Crippen molar-refractivity contribution in [2.24, 2.45) is 0 Å². The molecule has 1 amide bonds. The van der Waals surface area contributed by atoms with Gasteiger partial charge >= 0.3 is 0 Å². The molecule has 1 aliphatic heterocycles. The smallest absolute Gasteiger partial charge is 0.258 e. The summed E-state index contributed by atoms with van der Waals surface area (Å²) in [5.41, 5.74) is 2.86. The first-order chi connectivity index (χ1) is 9.77. The maximum atomic E-state index is 12.7. The van der Waals surface area contributed by atoms with Crippen molar-refractivity contribution in [1.29, 1.82) is 0 Å². The van der Waals surface area contributed by atoms with Crippen LogP contribution < -0.4 is 9.80 Å². The number of amides is 1. The molecular formula is C17H18N2O. The van der Waals surface area contributed by atoms with E-state index in [9.17, 15) is 4.79 Å². The van der Waals surface area contributed by atoms with Gasteiger partial charge in [-0.3, -0.25) is 4.79 Å². The van der Waals surface area contributed by atoms with Crippen LogP contribution >= 0.6 is 0 Å². The molecule has 3 nitrogen and oxygen atoms in total. The number of hydrogen-bond donors (Lipinski definition) is 0. The van der Waals surface area contributed by atoms with Crippen LogP contribution in [0.1, 0.15) is 16.8 Å². The molecule has 3 rings (SSSR count). The van der Waals surface area contributed by atoms with Gasteiger partial charge in [0, 0.05) is 25.7 Å². The molecule has 20 heavy (non-hydrogen) atoms. The maximum absolute atomic E-state index is 12.7. The van der Waals surface area contributed by atoms with Crippen molar-refractivity contribution in [3.63, 3.8) is 0 Å². The van der Waals surface area contributed by atoms with Gasteiger partial charge in [-0.2, -0.15) is 0 Å². The van der Waals surface area contributed by atoms with Crippen molar-refractivity contribution in [3.05, 3.63) is 60.2 Å². The van der Waals surface area contributed by atoms with Crippen molar-refractivity contribution in [2.45, 2.75) is 6.42 Å². The Morgan fingerprint density at radius 1 is 0.900 bits per heavy atom. The third-order valence-electron chi connectivity index (χ3n) is 3.72. The molecule has 0 fully saturated rings. The molecule has 0 saturated heterocycles. The van der Waals surface area contributed by atoms with Crippen molar-refractivity contribution >= 4 is 17.3 Å². The Labute approximate surface area is 119 Å². The monoisotopic (exact) mass is 266 g/mol. The summed E-state index contributed by atoms with van der Waals surface area (Å²) in [7, 11) is 2.08. The van der Waals surface area contributed by atoms with E-state index in [4.69, 9.17) is 0 Å². The number of fused-ring (bicyclic) bond motifs is 1. The van der Waals surface area contributed by atoms with Gasteiger partial charge in [0.1, 0.15) is 0 Å². The third kappa shape index (κ3) is 2.27. The van der Waals surface area contributed by atoms with Crippen LogP contribution in [0.3, 0.4) is 0 Å². The van der Waals surface area contributed by atoms with E-state index in [1.54, 1.807) is 0 Å². The highest BCUT2D eigenvalue weighted by Gasteiger charge is 2.23. The van der Waals surface area contributed by atoms with Crippen molar-refractivity contribution in [2.75, 3.05) is 29.9 Å². The zero-order valence-corrected chi connectivity index (χ0v) is 11.6. The molecule has 0 aliphatic carbocycles. The highest BCUT2D eigenvalue weighted by molar-refractivity contribution is 6.07. The molecule has 102 valence electrons. The summed E-state index contributed by atoms with van der Waals surface area (Å²) in [6.07, 6.45) is 0.976. The normalized spacial score (nSPS) is 14.7. The first kappa shape index (κ1) is 12.7. The van der Waals surface area contributed by atoms with Gasteiger partial charge < -0.3 is 9.80 Å². The van der Waals surface area contributed by atoms with Gasteiger partial charge in [-0.05, 0) is 30.7 Å². The summed E-state index contributed by atoms with van der Waals surface area (Å²) in [4.78, 5) is 16.8. The Bertz CT molecular complexity index is 609. The Morgan fingerprint density at radius 2 is 1.55 bits per heavy atom. The summed E-state index contributed by atoms with van der Waals surface area (Å²) in [6.45, 7) is 1.73. The van der Waals surface area contributed by atoms with E-state index in [0.29, 0.717) is 0 Å². The first-order valence-corrected chi connectivity index (χ1v) is 6.94. The maximum Gasteiger partial charge on any atom is 0.258 e. The fourth-order valence-corrected chi connectivity index (χ4v) is 2.67. The zero-order chi connectivity index (χ0) is 13.9. The number of anilines is 2. The average Bonchev–Trinajstić information content (AvgIpc) is 2.67. The van der Waals surface area contributed by atoms with E-state index in [1.807, 2.05) is 53.4 Å². The number of carbonyl (C=O) groups is 1. The Morgan fingerprint density at radius 3 is 2.30 bits per heavy atom. The minimum atomic E-state index is 0.0772. The highest BCUT2D eigenvalue weighted by atomic mass is 16.2. The molecule has 1 aliphatic rings. The van der Waals surface area contributed by atoms with Crippen molar-refractivity contribution in [1.82, 2.24) is 0 Å². The Kier molecular flexibility index (Phi) is 3.42. The van der Waals surface area contributed by atoms with Crippen LogP contribution in [-0.2, 0) is 0 Å². The van der Waals surface area contributed by atoms with Crippen LogP contribution in [-0.4, -0.2) is 26.0 Å². The predicted octanol–water partition coefficient (Wildman–Crippen LogP) is 3.17. The van der Waals surface area contributed by atoms with Gasteiger partial charge in [-0.15, -0.1) is 0 Å². The fraction of sp³-hybridized carbons (Fsp3) is 0.235. The highest BCUT2D eigenvalue weighted by Crippen LogP contribution is 2.32. The largest absolute Gasteiger partial charge is 0.373 e. The van der Waals surface area contributed by atoms with Crippen LogP contribution in [0.5, 0.6) is 0 Å². The van der Waals surface area contributed by atoms with Gasteiger partial charge in [-0.25, -0.2) is 0 Å². The molecule has 0 atom stereocenters. The van der Waals surface area contributed by atoms with E-state index < -0.39 is 0 Å². The minimum Gasteiger partial charge on any atom is -0.373 e. The Balaban J connectivity index is 2.01. The molecule has 2 aromatic rings. The molecule has 3 heteroatoms. The molecule has 0 radical (unpaired) electrons. The molecule has 0 spiro atoms. The second-order valence-electron chi connectivity index (χ2n) is 5.09. The number of rotatable bonds is 1. The molecular weight excluding hydrogens is 248 g/mol. The quantitative estimate of drug-likeness (QED) is 0.791. The SMILES string of the molecule is CN1CCCN(C(=O)c2ccccc2)c2ccccc21. The van der Waals surface area contributed by atoms with Gasteiger partial charge in [0.05, 0.1) is 11.4 Å². The third-order valence-corrected chi connectivity index (χ3v) is 3.72. The second-order valence-corrected chi connectivity index (χ2v) is 5.09. The predicted molar refractivity (Wildman–Crippen MR) is 82.4 cm³/mol. The van der Waals surface area contributed by atoms with E-state index in [2.05, 4.69) is 18.0 Å². The van der Waals surface area contributed by atoms with E-state index >= 15 is 0 Å². The van der Waals surface area contributed by atoms with E-state index in [1.165, 1.54) is 0 Å². The summed E-state index contributed by atoms with van der Waals surface area (Å²) in [5.74, 6) is 0.0772. The van der Waals surface area contributed by atoms with Gasteiger partial charge in [-0.1, -0.05) is 30.3 Å². The van der Waals surface area contributed by atoms with Gasteiger partial charge in [0.15, 0.2) is 0 Å². The number of para-hydroxylation sites is 2. The number of nitrogens with zero attached hydrogens (tertiary/aromatic N) is 2. The van der Waals surface area contributed by atoms with Gasteiger partial charge in [0.25, 0.3) is 5.91 Å². The summed E-state index contributed by atoms with van der Waals surface area (Å²) in [5, 5.41) is 0. The van der Waals surface area contributed by atoms with Crippen LogP contribution in [0.4, 0.5) is 11.4 Å². The topological polar surface area (TPSA) is 23.6 Å². The van der Waals surface area contributed by atoms with Crippen LogP contribution in [0, 0.1) is 0 Å². The van der Waals surface area contributed by atoms with Crippen LogP contribution in [0.25, 0.3) is 0 Å². The lowest BCUT2D eigenvalue weighted by molar-refractivity contribution is 0.0987. The van der Waals surface area contributed by atoms with Gasteiger partial charge in [0.2, 0.25) is 0 Å². The standard InChI is InChI=1S/C17H18N2O/c1-18-12-7-13-19(16-11-6-5-10-15(16)18)17(20)14-8-3-2-4-9-14/h2-6,8-11H,7,12-13H2,1H3. The molecule has 1 heterocycles. The van der Waals surface area contributed by atoms with Crippen molar-refractivity contribution < 1.29 is 4.79 Å². The van der Waals surface area contributed by atoms with E-state index in [0.717, 1.165) is 36.4 Å². The number of hydrogen-bond acceptors (Lipinski definition) is 2. The summed E-state index contributed by atoms with van der Waals surface area (Å²) < 4.78 is 0. The molecule has 0 N–H and O–H groups in total. The minimum absolute atomic E-state index is 0.0772. The number of benzene rings is 2. The molecule has 0 saturated carbocycles. The zero-order valence-electron chi connectivity index (χ0n) is 11.6. The molecule has 2 aromatic carbocycles. The average molecular weight is 266 g/mol. The van der Waals surface area contributed by atoms with Crippen LogP contribution in [0.2, 0.25) is 0 Å². The van der Waals surface area contributed by atoms with E-state index in [-0.39, 0.29) is 5.91 Å².